The first-order valence-electron chi connectivity index (χ1n) is 27.2. The maximum absolute atomic E-state index is 8.88. The second-order valence-electron chi connectivity index (χ2n) is 19.6. The summed E-state index contributed by atoms with van der Waals surface area (Å²) >= 11 is 0. The van der Waals surface area contributed by atoms with Gasteiger partial charge in [-0.1, -0.05) is 74.2 Å². The van der Waals surface area contributed by atoms with Crippen molar-refractivity contribution in [1.82, 2.24) is 50.3 Å². The van der Waals surface area contributed by atoms with Gasteiger partial charge >= 0.3 is 6.02 Å². The summed E-state index contributed by atoms with van der Waals surface area (Å²) in [7, 11) is 0. The van der Waals surface area contributed by atoms with E-state index in [1.165, 1.54) is 78.8 Å². The number of nitrogens with two attached hydrogens (primary N) is 2. The minimum Gasteiger partial charge on any atom is -0.492 e. The number of hydrogen-bond donors (Lipinski definition) is 5. The average molecular weight is 1080 g/mol. The number of hydrogen-bond acceptors (Lipinski definition) is 17. The van der Waals surface area contributed by atoms with Gasteiger partial charge in [0.2, 0.25) is 11.9 Å². The number of rotatable bonds is 14. The van der Waals surface area contributed by atoms with Crippen molar-refractivity contribution >= 4 is 35.1 Å². The third-order valence-corrected chi connectivity index (χ3v) is 14.1. The summed E-state index contributed by atoms with van der Waals surface area (Å²) in [5.41, 5.74) is 19.6. The third-order valence-electron chi connectivity index (χ3n) is 14.1. The SMILES string of the molecule is C.N#CNC(=Nc1ccc(OCCN2CCCC2)cc1)Oc1ccccc1.NNc1cc2c(nn1)-c1ccccc1CCC2.Nc1nc(Nc2ccc(OCCN3CCCC3)cc2)nn1-c1cc2c(nn1)-c1ccccc1CCC2. The van der Waals surface area contributed by atoms with E-state index in [4.69, 9.17) is 31.0 Å². The molecule has 5 aromatic carbocycles. The number of aliphatic imine (C=N–C) groups is 1. The first-order valence-corrected chi connectivity index (χ1v) is 27.2. The molecule has 0 unspecified atom stereocenters. The second kappa shape index (κ2) is 28.1. The van der Waals surface area contributed by atoms with Gasteiger partial charge in [0.05, 0.1) is 17.1 Å². The Balaban J connectivity index is 0.000000154. The smallest absolute Gasteiger partial charge is 0.309 e. The standard InChI is InChI=1S/C27H30N8O.C20H22N4O2.C13H14N4.CH4/c28-26-30-27(29-21-10-12-22(13-11-21)36-17-16-34-14-3-4-15-34)33-35(26)24-18-20-8-5-7-19-6-1-2-9-23(19)25(20)32-31-24;21-16-22-20(26-19-6-2-1-3-7-19)23-17-8-10-18(11-9-17)25-15-14-24-12-4-5-13-24;14-15-12-8-10-6-3-5-9-4-1-2-7-11(9)13(10)17-16-12;/h1-2,6,9-13,18H,3-5,7-8,14-17H2,(H3,28,29,30,33);1-3,6-11H,4-5,12-15H2,(H,22,23);1-2,4,7-8H,3,5-6,14H2,(H,15,16);1H4. The van der Waals surface area contributed by atoms with Crippen LogP contribution < -0.4 is 41.8 Å². The number of aromatic nitrogens is 7. The summed E-state index contributed by atoms with van der Waals surface area (Å²) in [5, 5.41) is 36.4. The molecular formula is C61H70N16O3. The molecule has 0 atom stereocenters. The highest BCUT2D eigenvalue weighted by atomic mass is 16.5. The molecule has 4 aliphatic rings. The normalized spacial score (nSPS) is 14.5. The van der Waals surface area contributed by atoms with E-state index in [1.54, 1.807) is 12.1 Å². The van der Waals surface area contributed by atoms with E-state index in [1.807, 2.05) is 97.2 Å². The Morgan fingerprint density at radius 2 is 1.14 bits per heavy atom. The van der Waals surface area contributed by atoms with Crippen LogP contribution in [-0.2, 0) is 25.7 Å². The van der Waals surface area contributed by atoms with E-state index in [0.29, 0.717) is 42.2 Å². The Kier molecular flexibility index (Phi) is 19.6. The number of anilines is 4. The number of nitrogen functional groups attached to an aromatic ring is 2. The molecule has 3 aromatic heterocycles. The molecule has 5 heterocycles. The predicted octanol–water partition coefficient (Wildman–Crippen LogP) is 9.87. The highest BCUT2D eigenvalue weighted by Gasteiger charge is 2.20. The molecular weight excluding hydrogens is 1000 g/mol. The zero-order valence-electron chi connectivity index (χ0n) is 44.3. The predicted molar refractivity (Wildman–Crippen MR) is 314 cm³/mol. The van der Waals surface area contributed by atoms with Gasteiger partial charge in [-0.05, 0) is 185 Å². The van der Waals surface area contributed by atoms with Gasteiger partial charge in [-0.3, -0.25) is 9.80 Å². The number of likely N-dealkylation sites (tertiary alicyclic amines) is 2. The summed E-state index contributed by atoms with van der Waals surface area (Å²) in [6.45, 7) is 8.02. The van der Waals surface area contributed by atoms with Gasteiger partial charge < -0.3 is 30.7 Å². The zero-order chi connectivity index (χ0) is 54.0. The van der Waals surface area contributed by atoms with Crippen molar-refractivity contribution in [2.75, 3.05) is 69.0 Å². The monoisotopic (exact) mass is 1070 g/mol. The van der Waals surface area contributed by atoms with Crippen LogP contribution in [0.3, 0.4) is 0 Å². The zero-order valence-corrected chi connectivity index (χ0v) is 44.3. The Morgan fingerprint density at radius 3 is 1.73 bits per heavy atom. The first-order chi connectivity index (χ1) is 38.9. The highest BCUT2D eigenvalue weighted by Crippen LogP contribution is 2.33. The number of hydrazine groups is 1. The summed E-state index contributed by atoms with van der Waals surface area (Å²) < 4.78 is 18.8. The summed E-state index contributed by atoms with van der Waals surface area (Å²) in [4.78, 5) is 13.6. The Bertz CT molecular complexity index is 3320. The molecule has 2 aliphatic heterocycles. The Hall–Kier alpha value is -8.96. The van der Waals surface area contributed by atoms with Crippen molar-refractivity contribution in [3.05, 3.63) is 162 Å². The van der Waals surface area contributed by atoms with Crippen LogP contribution in [0, 0.1) is 11.5 Å². The lowest BCUT2D eigenvalue weighted by atomic mass is 10.0. The summed E-state index contributed by atoms with van der Waals surface area (Å²) in [5.74, 6) is 9.47. The third kappa shape index (κ3) is 15.0. The van der Waals surface area contributed by atoms with E-state index in [2.05, 4.69) is 97.7 Å². The van der Waals surface area contributed by atoms with Crippen LogP contribution in [0.25, 0.3) is 28.3 Å². The van der Waals surface area contributed by atoms with Crippen LogP contribution in [-0.4, -0.2) is 103 Å². The van der Waals surface area contributed by atoms with Crippen LogP contribution in [0.2, 0.25) is 0 Å². The molecule has 0 bridgehead atoms. The van der Waals surface area contributed by atoms with Crippen molar-refractivity contribution in [3.63, 3.8) is 0 Å². The van der Waals surface area contributed by atoms with E-state index >= 15 is 0 Å². The lowest BCUT2D eigenvalue weighted by molar-refractivity contribution is 0.237. The number of nitrogens with zero attached hydrogens (tertiary/aromatic N) is 11. The van der Waals surface area contributed by atoms with Crippen LogP contribution in [0.4, 0.5) is 29.1 Å². The molecule has 2 saturated heterocycles. The number of benzene rings is 5. The molecule has 19 nitrogen and oxygen atoms in total. The van der Waals surface area contributed by atoms with E-state index in [9.17, 15) is 0 Å². The first kappa shape index (κ1) is 55.8. The van der Waals surface area contributed by atoms with Gasteiger partial charge in [0, 0.05) is 29.9 Å². The van der Waals surface area contributed by atoms with Crippen molar-refractivity contribution < 1.29 is 14.2 Å². The van der Waals surface area contributed by atoms with E-state index in [0.717, 1.165) is 91.3 Å². The van der Waals surface area contributed by atoms with E-state index in [-0.39, 0.29) is 19.4 Å². The van der Waals surface area contributed by atoms with Crippen LogP contribution in [0.5, 0.6) is 17.2 Å². The molecule has 12 rings (SSSR count). The van der Waals surface area contributed by atoms with Crippen LogP contribution in [0.15, 0.2) is 145 Å². The fourth-order valence-electron chi connectivity index (χ4n) is 10.1. The van der Waals surface area contributed by atoms with Gasteiger partial charge in [-0.25, -0.2) is 11.2 Å². The number of para-hydroxylation sites is 1. The average Bonchev–Trinajstić information content (AvgIpc) is 4.24. The summed E-state index contributed by atoms with van der Waals surface area (Å²) in [6, 6.07) is 45.3. The highest BCUT2D eigenvalue weighted by molar-refractivity contribution is 5.80. The van der Waals surface area contributed by atoms with Crippen molar-refractivity contribution in [2.45, 2.75) is 71.6 Å². The van der Waals surface area contributed by atoms with Gasteiger partial charge in [0.15, 0.2) is 17.8 Å². The molecule has 0 spiro atoms. The molecule has 2 aliphatic carbocycles. The molecule has 0 radical (unpaired) electrons. The maximum atomic E-state index is 8.88. The second-order valence-corrected chi connectivity index (χ2v) is 19.6. The Labute approximate surface area is 468 Å². The number of nitrogens with one attached hydrogen (secondary N) is 3. The van der Waals surface area contributed by atoms with Crippen LogP contribution >= 0.6 is 0 Å². The van der Waals surface area contributed by atoms with E-state index < -0.39 is 0 Å². The van der Waals surface area contributed by atoms with Crippen molar-refractivity contribution in [1.29, 1.82) is 5.26 Å². The minimum atomic E-state index is 0. The van der Waals surface area contributed by atoms with Crippen molar-refractivity contribution in [3.8, 4) is 51.8 Å². The molecule has 80 heavy (non-hydrogen) atoms. The number of fused-ring (bicyclic) bond motifs is 6. The van der Waals surface area contributed by atoms with Crippen LogP contribution in [0.1, 0.15) is 68.2 Å². The molecule has 8 aromatic rings. The molecule has 7 N–H and O–H groups in total. The minimum absolute atomic E-state index is 0. The maximum Gasteiger partial charge on any atom is 0.309 e. The number of nitriles is 1. The topological polar surface area (TPSA) is 241 Å². The number of amidine groups is 1. The van der Waals surface area contributed by atoms with Gasteiger partial charge in [0.1, 0.15) is 30.5 Å². The quantitative estimate of drug-likeness (QED) is 0.0170. The van der Waals surface area contributed by atoms with Gasteiger partial charge in [-0.15, -0.1) is 25.5 Å². The molecule has 2 fully saturated rings. The van der Waals surface area contributed by atoms with Crippen molar-refractivity contribution in [2.24, 2.45) is 10.8 Å². The molecule has 0 amide bonds. The largest absolute Gasteiger partial charge is 0.492 e. The summed E-state index contributed by atoms with van der Waals surface area (Å²) in [6.07, 6.45) is 13.3. The molecule has 412 valence electrons. The number of ether oxygens (including phenoxy) is 3. The van der Waals surface area contributed by atoms with Gasteiger partial charge in [0.25, 0.3) is 0 Å². The Morgan fingerprint density at radius 1 is 0.600 bits per heavy atom. The molecule has 19 heteroatoms. The molecule has 0 saturated carbocycles. The number of aryl methyl sites for hydroxylation is 4. The fraction of sp³-hybridized carbons (Fsp3) is 0.311. The van der Waals surface area contributed by atoms with Gasteiger partial charge in [-0.2, -0.15) is 19.9 Å². The lowest BCUT2D eigenvalue weighted by Gasteiger charge is -2.15. The fourth-order valence-corrected chi connectivity index (χ4v) is 10.1. The lowest BCUT2D eigenvalue weighted by Crippen LogP contribution is -2.25.